The number of nitrogens with zero attached hydrogens (tertiary/aromatic N) is 3. The summed E-state index contributed by atoms with van der Waals surface area (Å²) in [6.45, 7) is -0.832. The number of ether oxygens (including phenoxy) is 1. The molecule has 6 aromatic rings. The number of aliphatic hydroxyl groups excluding tert-OH is 5. The lowest BCUT2D eigenvalue weighted by Crippen LogP contribution is -2.56. The zero-order valence-electron chi connectivity index (χ0n) is 24.2. The van der Waals surface area contributed by atoms with E-state index >= 15 is 0 Å². The normalized spacial score (nSPS) is 23.4. The number of hydrazine groups is 1. The highest BCUT2D eigenvalue weighted by atomic mass is 16.6. The van der Waals surface area contributed by atoms with Crippen LogP contribution in [0, 0.1) is 0 Å². The van der Waals surface area contributed by atoms with Crippen LogP contribution in [0.3, 0.4) is 0 Å². The molecule has 5 heterocycles. The number of hydrogen-bond acceptors (Lipinski definition) is 10. The van der Waals surface area contributed by atoms with Gasteiger partial charge in [-0.1, -0.05) is 42.5 Å². The number of imide groups is 1. The molecule has 0 aliphatic carbocycles. The number of para-hydroxylation sites is 2. The van der Waals surface area contributed by atoms with E-state index in [1.165, 1.54) is 0 Å². The molecule has 0 radical (unpaired) electrons. The van der Waals surface area contributed by atoms with E-state index in [1.807, 2.05) is 24.3 Å². The van der Waals surface area contributed by atoms with Gasteiger partial charge in [-0.2, -0.15) is 0 Å². The number of fused-ring (bicyclic) bond motifs is 10. The average molecular weight is 624 g/mol. The number of H-pyrrole nitrogens is 1. The predicted octanol–water partition coefficient (Wildman–Crippen LogP) is 1.59. The fourth-order valence-corrected chi connectivity index (χ4v) is 6.91. The summed E-state index contributed by atoms with van der Waals surface area (Å²) in [6, 6.07) is 19.6. The van der Waals surface area contributed by atoms with Crippen LogP contribution < -0.4 is 5.43 Å². The van der Waals surface area contributed by atoms with Crippen molar-refractivity contribution in [1.82, 2.24) is 25.0 Å². The Morgan fingerprint density at radius 2 is 1.50 bits per heavy atom. The number of carbonyl (C=O) groups is 2. The van der Waals surface area contributed by atoms with Gasteiger partial charge in [0.25, 0.3) is 11.8 Å². The van der Waals surface area contributed by atoms with Gasteiger partial charge in [0.15, 0.2) is 6.23 Å². The number of nitrogens with one attached hydrogen (secondary N) is 2. The lowest BCUT2D eigenvalue weighted by atomic mass is 9.96. The molecule has 1 saturated heterocycles. The highest BCUT2D eigenvalue weighted by Crippen LogP contribution is 2.47. The maximum absolute atomic E-state index is 14.3. The zero-order chi connectivity index (χ0) is 31.9. The van der Waals surface area contributed by atoms with Crippen molar-refractivity contribution in [3.63, 3.8) is 0 Å². The first-order chi connectivity index (χ1) is 22.3. The van der Waals surface area contributed by atoms with E-state index in [0.717, 1.165) is 5.01 Å². The summed E-state index contributed by atoms with van der Waals surface area (Å²) in [5.74, 6) is -1.15. The highest BCUT2D eigenvalue weighted by Gasteiger charge is 2.47. The monoisotopic (exact) mass is 623 g/mol. The molecule has 3 aromatic carbocycles. The van der Waals surface area contributed by atoms with Crippen molar-refractivity contribution < 1.29 is 39.9 Å². The van der Waals surface area contributed by atoms with Gasteiger partial charge in [-0.3, -0.25) is 14.6 Å². The van der Waals surface area contributed by atoms with E-state index < -0.39 is 49.1 Å². The lowest BCUT2D eigenvalue weighted by Gasteiger charge is -2.41. The fraction of sp³-hybridized carbons (Fsp3) is 0.242. The molecule has 0 bridgehead atoms. The van der Waals surface area contributed by atoms with E-state index in [-0.39, 0.29) is 24.3 Å². The predicted molar refractivity (Wildman–Crippen MR) is 165 cm³/mol. The summed E-state index contributed by atoms with van der Waals surface area (Å²) in [5, 5.41) is 55.2. The van der Waals surface area contributed by atoms with Crippen molar-refractivity contribution in [3.8, 4) is 0 Å². The first-order valence-corrected chi connectivity index (χ1v) is 14.8. The summed E-state index contributed by atoms with van der Waals surface area (Å²) >= 11 is 0. The molecule has 3 aromatic heterocycles. The van der Waals surface area contributed by atoms with Crippen LogP contribution in [0.2, 0.25) is 0 Å². The minimum atomic E-state index is -1.64. The topological polar surface area (TPSA) is 193 Å². The second kappa shape index (κ2) is 10.7. The fourth-order valence-electron chi connectivity index (χ4n) is 6.91. The van der Waals surface area contributed by atoms with Crippen LogP contribution in [0.5, 0.6) is 0 Å². The number of aromatic nitrogens is 3. The lowest BCUT2D eigenvalue weighted by molar-refractivity contribution is -0.249. The van der Waals surface area contributed by atoms with Gasteiger partial charge in [-0.25, -0.2) is 10.4 Å². The Kier molecular flexibility index (Phi) is 6.67. The molecule has 5 atom stereocenters. The van der Waals surface area contributed by atoms with Gasteiger partial charge in [0.05, 0.1) is 58.8 Å². The average Bonchev–Trinajstić information content (AvgIpc) is 3.70. The Morgan fingerprint density at radius 3 is 2.26 bits per heavy atom. The Bertz CT molecular complexity index is 2210. The van der Waals surface area contributed by atoms with Gasteiger partial charge in [0, 0.05) is 27.1 Å². The Hall–Kier alpha value is -4.73. The number of aliphatic hydroxyl groups is 5. The molecule has 1 unspecified atom stereocenters. The summed E-state index contributed by atoms with van der Waals surface area (Å²) in [5.41, 5.74) is 6.44. The van der Waals surface area contributed by atoms with Crippen LogP contribution in [0.4, 0.5) is 0 Å². The third-order valence-electron chi connectivity index (χ3n) is 9.00. The van der Waals surface area contributed by atoms with Crippen molar-refractivity contribution in [2.75, 3.05) is 6.61 Å². The van der Waals surface area contributed by atoms with Crippen molar-refractivity contribution in [1.29, 1.82) is 0 Å². The minimum absolute atomic E-state index is 0.0338. The molecular formula is C33H29N5O8. The van der Waals surface area contributed by atoms with Crippen LogP contribution >= 0.6 is 0 Å². The smallest absolute Gasteiger partial charge is 0.276 e. The van der Waals surface area contributed by atoms with Gasteiger partial charge < -0.3 is 39.8 Å². The summed E-state index contributed by atoms with van der Waals surface area (Å²) < 4.78 is 7.70. The molecule has 46 heavy (non-hydrogen) atoms. The van der Waals surface area contributed by atoms with Crippen LogP contribution in [-0.4, -0.2) is 87.9 Å². The molecule has 1 fully saturated rings. The summed E-state index contributed by atoms with van der Waals surface area (Å²) in [7, 11) is 0. The molecule has 234 valence electrons. The Labute approximate surface area is 259 Å². The third-order valence-corrected chi connectivity index (χ3v) is 9.00. The number of aromatic amines is 1. The number of amides is 2. The molecule has 2 amide bonds. The third kappa shape index (κ3) is 3.98. The summed E-state index contributed by atoms with van der Waals surface area (Å²) in [6.07, 6.45) is -7.26. The van der Waals surface area contributed by atoms with Crippen molar-refractivity contribution in [3.05, 3.63) is 89.2 Å². The number of benzene rings is 3. The van der Waals surface area contributed by atoms with Gasteiger partial charge in [-0.05, 0) is 24.3 Å². The molecule has 7 N–H and O–H groups in total. The van der Waals surface area contributed by atoms with E-state index in [0.29, 0.717) is 55.0 Å². The van der Waals surface area contributed by atoms with Gasteiger partial charge in [-0.15, -0.1) is 0 Å². The molecule has 0 saturated carbocycles. The van der Waals surface area contributed by atoms with E-state index in [1.54, 1.807) is 47.0 Å². The Balaban J connectivity index is 1.40. The highest BCUT2D eigenvalue weighted by molar-refractivity contribution is 6.39. The van der Waals surface area contributed by atoms with Gasteiger partial charge in [0.2, 0.25) is 0 Å². The largest absolute Gasteiger partial charge is 0.394 e. The van der Waals surface area contributed by atoms with E-state index in [2.05, 4.69) is 15.4 Å². The minimum Gasteiger partial charge on any atom is -0.394 e. The number of rotatable bonds is 6. The quantitative estimate of drug-likeness (QED) is 0.134. The van der Waals surface area contributed by atoms with Gasteiger partial charge >= 0.3 is 0 Å². The van der Waals surface area contributed by atoms with Crippen LogP contribution in [0.25, 0.3) is 43.6 Å². The van der Waals surface area contributed by atoms with E-state index in [9.17, 15) is 35.1 Å². The van der Waals surface area contributed by atoms with Crippen LogP contribution in [0.15, 0.2) is 66.7 Å². The molecule has 2 aliphatic heterocycles. The van der Waals surface area contributed by atoms with Crippen LogP contribution in [0.1, 0.15) is 38.3 Å². The molecule has 0 spiro atoms. The second-order valence-electron chi connectivity index (χ2n) is 11.6. The van der Waals surface area contributed by atoms with Crippen molar-refractivity contribution in [2.45, 2.75) is 43.8 Å². The van der Waals surface area contributed by atoms with Crippen molar-refractivity contribution in [2.24, 2.45) is 0 Å². The molecule has 8 rings (SSSR count). The number of pyridine rings is 1. The first-order valence-electron chi connectivity index (χ1n) is 14.8. The van der Waals surface area contributed by atoms with E-state index in [4.69, 9.17) is 4.74 Å². The standard InChI is InChI=1S/C33H29N5O8/c39-13-16-7-5-6-15(35-16)12-34-38-31(44)24-22-17-8-1-3-10-19(17)36-26(22)27-23(25(24)32(38)45)18-9-2-4-11-20(18)37(27)33-30(43)29(42)28(41)21(14-40)46-33/h1-11,21,28-30,33-34,36,39-43H,12-14H2/t21-,28-,29+,30-,33?/m0/s1. The number of carbonyl (C=O) groups excluding carboxylic acids is 2. The van der Waals surface area contributed by atoms with Crippen LogP contribution in [-0.2, 0) is 17.9 Å². The summed E-state index contributed by atoms with van der Waals surface area (Å²) in [4.78, 5) is 36.3. The maximum atomic E-state index is 14.3. The number of hydrogen-bond donors (Lipinski definition) is 7. The van der Waals surface area contributed by atoms with Gasteiger partial charge in [0.1, 0.15) is 24.4 Å². The molecular weight excluding hydrogens is 594 g/mol. The molecule has 13 nitrogen and oxygen atoms in total. The molecule has 2 aliphatic rings. The van der Waals surface area contributed by atoms with Crippen molar-refractivity contribution >= 4 is 55.4 Å². The molecule has 13 heteroatoms. The maximum Gasteiger partial charge on any atom is 0.276 e. The Morgan fingerprint density at radius 1 is 0.804 bits per heavy atom. The second-order valence-corrected chi connectivity index (χ2v) is 11.6. The zero-order valence-corrected chi connectivity index (χ0v) is 24.2. The SMILES string of the molecule is O=C1c2c(c3c4ccccc4n(C4O[C@@H](CO)[C@H](O)[C@@H](O)[C@@H]4O)c3c3[nH]c4ccccc4c23)C(=O)N1NCc1cccc(CO)n1. The first kappa shape index (κ1) is 28.7.